The van der Waals surface area contributed by atoms with Crippen LogP contribution in [0.15, 0.2) is 60.8 Å². The van der Waals surface area contributed by atoms with Crippen LogP contribution in [0.4, 0.5) is 0 Å². The predicted molar refractivity (Wildman–Crippen MR) is 358 cm³/mol. The maximum absolute atomic E-state index is 12.9. The third-order valence-electron chi connectivity index (χ3n) is 16.3. The van der Waals surface area contributed by atoms with Gasteiger partial charge >= 0.3 is 17.9 Å². The molecular weight excluding hydrogens is 1010 g/mol. The molecule has 0 aliphatic rings. The van der Waals surface area contributed by atoms with E-state index in [2.05, 4.69) is 81.5 Å². The number of allylic oxidation sites excluding steroid dienone is 10. The highest BCUT2D eigenvalue weighted by Gasteiger charge is 2.19. The van der Waals surface area contributed by atoms with E-state index in [-0.39, 0.29) is 31.1 Å². The molecule has 0 heterocycles. The van der Waals surface area contributed by atoms with Gasteiger partial charge in [0.2, 0.25) is 0 Å². The highest BCUT2D eigenvalue weighted by molar-refractivity contribution is 5.71. The first-order valence-electron chi connectivity index (χ1n) is 36.3. The van der Waals surface area contributed by atoms with Gasteiger partial charge in [-0.1, -0.05) is 364 Å². The van der Waals surface area contributed by atoms with Crippen molar-refractivity contribution in [1.82, 2.24) is 0 Å². The molecule has 1 atom stereocenters. The van der Waals surface area contributed by atoms with Gasteiger partial charge < -0.3 is 14.2 Å². The lowest BCUT2D eigenvalue weighted by Gasteiger charge is -2.18. The molecule has 0 aromatic heterocycles. The van der Waals surface area contributed by atoms with Crippen molar-refractivity contribution < 1.29 is 28.6 Å². The highest BCUT2D eigenvalue weighted by Crippen LogP contribution is 2.19. The molecule has 0 saturated carbocycles. The fraction of sp³-hybridized carbons (Fsp3) is 0.829. The summed E-state index contributed by atoms with van der Waals surface area (Å²) in [6, 6.07) is 0. The van der Waals surface area contributed by atoms with Gasteiger partial charge in [-0.05, 0) is 64.2 Å². The van der Waals surface area contributed by atoms with Crippen molar-refractivity contribution in [2.75, 3.05) is 13.2 Å². The standard InChI is InChI=1S/C76H138O6/c1-4-7-10-13-16-19-22-24-26-28-30-32-34-36-37-38-40-41-43-45-47-49-51-54-57-60-63-66-69-75(78)81-72-73(71-80-74(77)68-65-62-59-56-53-21-18-15-12-9-6-3)82-76(79)70-67-64-61-58-55-52-50-48-46-44-42-39-35-33-31-29-27-25-23-20-17-14-11-8-5-2/h8,11,17,20,25,27,31,33,39,42,73H,4-7,9-10,12-16,18-19,21-24,26,28-30,32,34-38,40-41,43-72H2,1-3H3/b11-8-,20-17-,27-25-,33-31-,42-39-. The largest absolute Gasteiger partial charge is 0.462 e. The van der Waals surface area contributed by atoms with Crippen LogP contribution < -0.4 is 0 Å². The second kappa shape index (κ2) is 70.6. The lowest BCUT2D eigenvalue weighted by Crippen LogP contribution is -2.30. The molecule has 0 radical (unpaired) electrons. The van der Waals surface area contributed by atoms with Crippen LogP contribution >= 0.6 is 0 Å². The van der Waals surface area contributed by atoms with Gasteiger partial charge in [0, 0.05) is 19.3 Å². The van der Waals surface area contributed by atoms with Crippen molar-refractivity contribution >= 4 is 17.9 Å². The molecular formula is C76H138O6. The van der Waals surface area contributed by atoms with Crippen LogP contribution in [-0.2, 0) is 28.6 Å². The average molecular weight is 1150 g/mol. The molecule has 478 valence electrons. The van der Waals surface area contributed by atoms with Crippen molar-refractivity contribution in [2.24, 2.45) is 0 Å². The Balaban J connectivity index is 4.18. The molecule has 0 aliphatic heterocycles. The molecule has 0 bridgehead atoms. The van der Waals surface area contributed by atoms with Crippen LogP contribution in [0.3, 0.4) is 0 Å². The first-order chi connectivity index (χ1) is 40.5. The van der Waals surface area contributed by atoms with E-state index >= 15 is 0 Å². The van der Waals surface area contributed by atoms with E-state index in [0.29, 0.717) is 19.3 Å². The maximum Gasteiger partial charge on any atom is 0.306 e. The molecule has 6 heteroatoms. The van der Waals surface area contributed by atoms with Crippen LogP contribution in [-0.4, -0.2) is 37.2 Å². The first-order valence-corrected chi connectivity index (χ1v) is 36.3. The zero-order valence-corrected chi connectivity index (χ0v) is 55.0. The molecule has 0 aromatic rings. The molecule has 0 spiro atoms. The van der Waals surface area contributed by atoms with Crippen molar-refractivity contribution in [1.29, 1.82) is 0 Å². The SMILES string of the molecule is CC/C=C\C/C=C\C/C=C\C/C=C\C/C=C\CCCCCCCCCCCC(=O)OC(COC(=O)CCCCCCCCCCCCC)COC(=O)CCCCCCCCCCCCCCCCCCCCCCCCCCCCCC. The predicted octanol–water partition coefficient (Wildman–Crippen LogP) is 25.1. The van der Waals surface area contributed by atoms with Crippen LogP contribution in [0.2, 0.25) is 0 Å². The number of rotatable bonds is 67. The molecule has 6 nitrogen and oxygen atoms in total. The Labute approximate surface area is 510 Å². The van der Waals surface area contributed by atoms with Gasteiger partial charge in [-0.2, -0.15) is 0 Å². The summed E-state index contributed by atoms with van der Waals surface area (Å²) in [5.41, 5.74) is 0. The molecule has 0 fully saturated rings. The summed E-state index contributed by atoms with van der Waals surface area (Å²) in [6.07, 6.45) is 91.2. The lowest BCUT2D eigenvalue weighted by molar-refractivity contribution is -0.167. The minimum Gasteiger partial charge on any atom is -0.462 e. The fourth-order valence-electron chi connectivity index (χ4n) is 10.9. The zero-order valence-electron chi connectivity index (χ0n) is 55.0. The molecule has 0 aromatic carbocycles. The Morgan fingerprint density at radius 2 is 0.476 bits per heavy atom. The summed E-state index contributed by atoms with van der Waals surface area (Å²) < 4.78 is 17.0. The fourth-order valence-corrected chi connectivity index (χ4v) is 10.9. The van der Waals surface area contributed by atoms with Gasteiger partial charge in [-0.3, -0.25) is 14.4 Å². The average Bonchev–Trinajstić information content (AvgIpc) is 3.48. The van der Waals surface area contributed by atoms with Crippen molar-refractivity contribution in [3.63, 3.8) is 0 Å². The maximum atomic E-state index is 12.9. The van der Waals surface area contributed by atoms with E-state index in [9.17, 15) is 14.4 Å². The van der Waals surface area contributed by atoms with E-state index in [0.717, 1.165) is 96.3 Å². The van der Waals surface area contributed by atoms with E-state index in [1.807, 2.05) is 0 Å². The van der Waals surface area contributed by atoms with E-state index in [1.54, 1.807) is 0 Å². The van der Waals surface area contributed by atoms with Crippen molar-refractivity contribution in [2.45, 2.75) is 393 Å². The third kappa shape index (κ3) is 67.9. The minimum absolute atomic E-state index is 0.0713. The second-order valence-electron chi connectivity index (χ2n) is 24.5. The van der Waals surface area contributed by atoms with Gasteiger partial charge in [0.25, 0.3) is 0 Å². The Hall–Kier alpha value is -2.89. The summed E-state index contributed by atoms with van der Waals surface area (Å²) in [7, 11) is 0. The molecule has 0 saturated heterocycles. The third-order valence-corrected chi connectivity index (χ3v) is 16.3. The van der Waals surface area contributed by atoms with Gasteiger partial charge in [0.15, 0.2) is 6.10 Å². The summed E-state index contributed by atoms with van der Waals surface area (Å²) in [5.74, 6) is -0.853. The van der Waals surface area contributed by atoms with Gasteiger partial charge in [-0.15, -0.1) is 0 Å². The smallest absolute Gasteiger partial charge is 0.306 e. The first kappa shape index (κ1) is 79.1. The van der Waals surface area contributed by atoms with Crippen LogP contribution in [0.1, 0.15) is 387 Å². The van der Waals surface area contributed by atoms with E-state index in [1.165, 1.54) is 250 Å². The quantitative estimate of drug-likeness (QED) is 0.0261. The number of ether oxygens (including phenoxy) is 3. The van der Waals surface area contributed by atoms with Crippen molar-refractivity contribution in [3.05, 3.63) is 60.8 Å². The summed E-state index contributed by atoms with van der Waals surface area (Å²) in [6.45, 7) is 6.58. The van der Waals surface area contributed by atoms with Gasteiger partial charge in [-0.25, -0.2) is 0 Å². The number of hydrogen-bond donors (Lipinski definition) is 0. The Bertz CT molecular complexity index is 1460. The summed E-state index contributed by atoms with van der Waals surface area (Å²) in [5, 5.41) is 0. The Morgan fingerprint density at radius 1 is 0.256 bits per heavy atom. The molecule has 82 heavy (non-hydrogen) atoms. The Kier molecular flexibility index (Phi) is 68.1. The van der Waals surface area contributed by atoms with Crippen LogP contribution in [0.5, 0.6) is 0 Å². The lowest BCUT2D eigenvalue weighted by atomic mass is 10.0. The van der Waals surface area contributed by atoms with Gasteiger partial charge in [0.05, 0.1) is 0 Å². The summed E-state index contributed by atoms with van der Waals surface area (Å²) >= 11 is 0. The molecule has 0 aliphatic carbocycles. The normalized spacial score (nSPS) is 12.4. The minimum atomic E-state index is -0.776. The number of esters is 3. The molecule has 1 unspecified atom stereocenters. The number of carbonyl (C=O) groups excluding carboxylic acids is 3. The van der Waals surface area contributed by atoms with E-state index < -0.39 is 6.10 Å². The zero-order chi connectivity index (χ0) is 59.2. The van der Waals surface area contributed by atoms with Crippen LogP contribution in [0.25, 0.3) is 0 Å². The van der Waals surface area contributed by atoms with Crippen LogP contribution in [0, 0.1) is 0 Å². The number of carbonyl (C=O) groups is 3. The topological polar surface area (TPSA) is 78.9 Å². The highest BCUT2D eigenvalue weighted by atomic mass is 16.6. The summed E-state index contributed by atoms with van der Waals surface area (Å²) in [4.78, 5) is 38.4. The van der Waals surface area contributed by atoms with Gasteiger partial charge in [0.1, 0.15) is 13.2 Å². The second-order valence-corrected chi connectivity index (χ2v) is 24.5. The van der Waals surface area contributed by atoms with Crippen molar-refractivity contribution in [3.8, 4) is 0 Å². The Morgan fingerprint density at radius 3 is 0.744 bits per heavy atom. The monoisotopic (exact) mass is 1150 g/mol. The molecule has 0 amide bonds. The molecule has 0 N–H and O–H groups in total. The van der Waals surface area contributed by atoms with E-state index in [4.69, 9.17) is 14.2 Å². The number of unbranched alkanes of at least 4 members (excludes halogenated alkanes) is 46. The molecule has 0 rings (SSSR count). The number of hydrogen-bond acceptors (Lipinski definition) is 6.